The molecule has 7 heteroatoms. The first kappa shape index (κ1) is 20.3. The Balaban J connectivity index is 1.70. The summed E-state index contributed by atoms with van der Waals surface area (Å²) in [6.07, 6.45) is 3.55. The lowest BCUT2D eigenvalue weighted by atomic mass is 10.2. The fraction of sp³-hybridized carbons (Fsp3) is 0.478. The highest BCUT2D eigenvalue weighted by Crippen LogP contribution is 2.27. The predicted octanol–water partition coefficient (Wildman–Crippen LogP) is 3.38. The van der Waals surface area contributed by atoms with Gasteiger partial charge in [-0.3, -0.25) is 4.79 Å². The van der Waals surface area contributed by atoms with Crippen molar-refractivity contribution in [2.75, 3.05) is 31.1 Å². The van der Waals surface area contributed by atoms with Crippen LogP contribution in [0, 0.1) is 12.8 Å². The Labute approximate surface area is 177 Å². The van der Waals surface area contributed by atoms with E-state index in [-0.39, 0.29) is 11.8 Å². The number of nitrogens with zero attached hydrogens (tertiary/aromatic N) is 6. The standard InChI is InChI=1S/C23H30N6O/c1-5-20-25-21(27-11-6-12-28(14-13-27)23(30)16(2)3)19-15-24-29(22(19)26-20)18-9-7-17(4)8-10-18/h7-10,15-16H,5-6,11-14H2,1-4H3. The molecule has 1 fully saturated rings. The zero-order chi connectivity index (χ0) is 21.3. The summed E-state index contributed by atoms with van der Waals surface area (Å²) in [6.45, 7) is 11.2. The molecule has 0 aliphatic carbocycles. The lowest BCUT2D eigenvalue weighted by Gasteiger charge is -2.24. The number of fused-ring (bicyclic) bond motifs is 1. The zero-order valence-electron chi connectivity index (χ0n) is 18.3. The molecule has 7 nitrogen and oxygen atoms in total. The minimum absolute atomic E-state index is 0.0294. The van der Waals surface area contributed by atoms with E-state index in [0.29, 0.717) is 0 Å². The third-order valence-electron chi connectivity index (χ3n) is 5.65. The second-order valence-electron chi connectivity index (χ2n) is 8.27. The van der Waals surface area contributed by atoms with Crippen molar-refractivity contribution in [2.24, 2.45) is 5.92 Å². The van der Waals surface area contributed by atoms with E-state index in [0.717, 1.165) is 67.4 Å². The number of hydrogen-bond donors (Lipinski definition) is 0. The molecule has 1 aliphatic heterocycles. The second-order valence-corrected chi connectivity index (χ2v) is 8.27. The molecule has 0 bridgehead atoms. The van der Waals surface area contributed by atoms with Crippen molar-refractivity contribution in [3.63, 3.8) is 0 Å². The average molecular weight is 407 g/mol. The lowest BCUT2D eigenvalue weighted by molar-refractivity contribution is -0.134. The van der Waals surface area contributed by atoms with Gasteiger partial charge in [0.05, 0.1) is 17.3 Å². The highest BCUT2D eigenvalue weighted by atomic mass is 16.2. The fourth-order valence-electron chi connectivity index (χ4n) is 3.93. The Morgan fingerprint density at radius 2 is 1.83 bits per heavy atom. The summed E-state index contributed by atoms with van der Waals surface area (Å²) >= 11 is 0. The predicted molar refractivity (Wildman–Crippen MR) is 119 cm³/mol. The summed E-state index contributed by atoms with van der Waals surface area (Å²) in [5.74, 6) is 1.99. The van der Waals surface area contributed by atoms with Gasteiger partial charge in [0.25, 0.3) is 0 Å². The molecule has 1 aromatic carbocycles. The number of hydrogen-bond acceptors (Lipinski definition) is 5. The Morgan fingerprint density at radius 1 is 1.07 bits per heavy atom. The average Bonchev–Trinajstić information content (AvgIpc) is 3.02. The lowest BCUT2D eigenvalue weighted by Crippen LogP contribution is -2.37. The van der Waals surface area contributed by atoms with Crippen LogP contribution < -0.4 is 4.90 Å². The van der Waals surface area contributed by atoms with E-state index in [1.807, 2.05) is 29.6 Å². The van der Waals surface area contributed by atoms with Crippen LogP contribution in [-0.4, -0.2) is 56.7 Å². The van der Waals surface area contributed by atoms with E-state index in [9.17, 15) is 4.79 Å². The Kier molecular flexibility index (Phi) is 5.70. The van der Waals surface area contributed by atoms with Crippen molar-refractivity contribution in [1.82, 2.24) is 24.6 Å². The topological polar surface area (TPSA) is 67.2 Å². The highest BCUT2D eigenvalue weighted by Gasteiger charge is 2.24. The monoisotopic (exact) mass is 406 g/mol. The minimum atomic E-state index is 0.0294. The van der Waals surface area contributed by atoms with Crippen LogP contribution in [0.2, 0.25) is 0 Å². The number of amides is 1. The SMILES string of the molecule is CCc1nc(N2CCCN(C(=O)C(C)C)CC2)c2cnn(-c3ccc(C)cc3)c2n1. The van der Waals surface area contributed by atoms with Crippen molar-refractivity contribution >= 4 is 22.8 Å². The highest BCUT2D eigenvalue weighted by molar-refractivity contribution is 5.88. The molecule has 0 spiro atoms. The molecule has 0 saturated carbocycles. The molecule has 0 N–H and O–H groups in total. The summed E-state index contributed by atoms with van der Waals surface area (Å²) in [5, 5.41) is 5.59. The number of rotatable bonds is 4. The first-order valence-corrected chi connectivity index (χ1v) is 10.8. The third-order valence-corrected chi connectivity index (χ3v) is 5.65. The van der Waals surface area contributed by atoms with E-state index in [4.69, 9.17) is 9.97 Å². The summed E-state index contributed by atoms with van der Waals surface area (Å²) in [4.78, 5) is 26.4. The molecule has 1 aliphatic rings. The molecule has 1 saturated heterocycles. The van der Waals surface area contributed by atoms with Crippen LogP contribution in [0.5, 0.6) is 0 Å². The summed E-state index contributed by atoms with van der Waals surface area (Å²) in [6, 6.07) is 8.30. The maximum atomic E-state index is 12.5. The number of anilines is 1. The third kappa shape index (κ3) is 3.88. The summed E-state index contributed by atoms with van der Waals surface area (Å²) in [7, 11) is 0. The summed E-state index contributed by atoms with van der Waals surface area (Å²) < 4.78 is 1.89. The minimum Gasteiger partial charge on any atom is -0.354 e. The van der Waals surface area contributed by atoms with Gasteiger partial charge in [-0.05, 0) is 25.5 Å². The fourth-order valence-corrected chi connectivity index (χ4v) is 3.93. The van der Waals surface area contributed by atoms with Crippen LogP contribution in [0.15, 0.2) is 30.5 Å². The van der Waals surface area contributed by atoms with Crippen molar-refractivity contribution in [2.45, 2.75) is 40.5 Å². The van der Waals surface area contributed by atoms with Gasteiger partial charge < -0.3 is 9.80 Å². The van der Waals surface area contributed by atoms with Crippen molar-refractivity contribution in [1.29, 1.82) is 0 Å². The Morgan fingerprint density at radius 3 is 2.53 bits per heavy atom. The second kappa shape index (κ2) is 8.42. The number of benzene rings is 1. The van der Waals surface area contributed by atoms with Gasteiger partial charge in [0.2, 0.25) is 5.91 Å². The number of aromatic nitrogens is 4. The normalized spacial score (nSPS) is 15.1. The molecule has 0 unspecified atom stereocenters. The van der Waals surface area contributed by atoms with Gasteiger partial charge in [-0.25, -0.2) is 14.6 Å². The summed E-state index contributed by atoms with van der Waals surface area (Å²) in [5.41, 5.74) is 3.04. The van der Waals surface area contributed by atoms with Crippen molar-refractivity contribution in [3.8, 4) is 5.69 Å². The molecule has 3 aromatic rings. The molecule has 2 aromatic heterocycles. The molecule has 0 radical (unpaired) electrons. The largest absolute Gasteiger partial charge is 0.354 e. The molecule has 1 amide bonds. The van der Waals surface area contributed by atoms with Crippen molar-refractivity contribution < 1.29 is 4.79 Å². The van der Waals surface area contributed by atoms with Crippen LogP contribution in [-0.2, 0) is 11.2 Å². The quantitative estimate of drug-likeness (QED) is 0.664. The van der Waals surface area contributed by atoms with Gasteiger partial charge in [-0.1, -0.05) is 38.5 Å². The number of carbonyl (C=O) groups excluding carboxylic acids is 1. The number of aryl methyl sites for hydroxylation is 2. The van der Waals surface area contributed by atoms with E-state index in [1.165, 1.54) is 5.56 Å². The molecular weight excluding hydrogens is 376 g/mol. The zero-order valence-corrected chi connectivity index (χ0v) is 18.3. The van der Waals surface area contributed by atoms with Gasteiger partial charge in [0.1, 0.15) is 11.6 Å². The Hall–Kier alpha value is -2.96. The maximum absolute atomic E-state index is 12.5. The van der Waals surface area contributed by atoms with Crippen LogP contribution in [0.4, 0.5) is 5.82 Å². The van der Waals surface area contributed by atoms with Crippen LogP contribution in [0.3, 0.4) is 0 Å². The molecule has 30 heavy (non-hydrogen) atoms. The molecule has 0 atom stereocenters. The van der Waals surface area contributed by atoms with E-state index < -0.39 is 0 Å². The first-order valence-electron chi connectivity index (χ1n) is 10.8. The molecule has 3 heterocycles. The van der Waals surface area contributed by atoms with Crippen LogP contribution in [0.1, 0.15) is 38.6 Å². The van der Waals surface area contributed by atoms with E-state index in [1.54, 1.807) is 0 Å². The van der Waals surface area contributed by atoms with Crippen molar-refractivity contribution in [3.05, 3.63) is 41.9 Å². The molecule has 158 valence electrons. The maximum Gasteiger partial charge on any atom is 0.225 e. The van der Waals surface area contributed by atoms with Gasteiger partial charge >= 0.3 is 0 Å². The van der Waals surface area contributed by atoms with E-state index in [2.05, 4.69) is 48.1 Å². The van der Waals surface area contributed by atoms with Gasteiger partial charge in [-0.2, -0.15) is 5.10 Å². The smallest absolute Gasteiger partial charge is 0.225 e. The number of carbonyl (C=O) groups is 1. The van der Waals surface area contributed by atoms with E-state index >= 15 is 0 Å². The van der Waals surface area contributed by atoms with Gasteiger partial charge in [0, 0.05) is 38.5 Å². The van der Waals surface area contributed by atoms with Crippen LogP contribution in [0.25, 0.3) is 16.7 Å². The Bertz CT molecular complexity index is 1040. The van der Waals surface area contributed by atoms with Gasteiger partial charge in [0.15, 0.2) is 5.65 Å². The molecular formula is C23H30N6O. The van der Waals surface area contributed by atoms with Gasteiger partial charge in [-0.15, -0.1) is 0 Å². The molecule has 4 rings (SSSR count). The van der Waals surface area contributed by atoms with Crippen LogP contribution >= 0.6 is 0 Å². The first-order chi connectivity index (χ1) is 14.5.